The molecule has 0 radical (unpaired) electrons. The van der Waals surface area contributed by atoms with Crippen molar-refractivity contribution in [1.82, 2.24) is 9.13 Å². The van der Waals surface area contributed by atoms with Gasteiger partial charge in [0.25, 0.3) is 0 Å². The highest BCUT2D eigenvalue weighted by Gasteiger charge is 2.37. The molecule has 9 aromatic rings. The summed E-state index contributed by atoms with van der Waals surface area (Å²) in [5, 5.41) is 5.15. The minimum Gasteiger partial charge on any atom is -0.333 e. The van der Waals surface area contributed by atoms with Crippen molar-refractivity contribution in [3.05, 3.63) is 223 Å². The highest BCUT2D eigenvalue weighted by molar-refractivity contribution is 6.11. The van der Waals surface area contributed by atoms with Crippen molar-refractivity contribution in [2.24, 2.45) is 0 Å². The van der Waals surface area contributed by atoms with Crippen molar-refractivity contribution >= 4 is 66.3 Å². The van der Waals surface area contributed by atoms with Crippen molar-refractivity contribution in [2.75, 3.05) is 4.90 Å². The molecule has 7 aromatic carbocycles. The zero-order valence-electron chi connectivity index (χ0n) is 31.4. The third kappa shape index (κ3) is 4.98. The van der Waals surface area contributed by atoms with Crippen LogP contribution in [0, 0.1) is 0 Å². The molecular formula is C54H39N3. The van der Waals surface area contributed by atoms with Crippen LogP contribution in [0.25, 0.3) is 60.6 Å². The Kier molecular flexibility index (Phi) is 7.18. The van der Waals surface area contributed by atoms with Gasteiger partial charge in [-0.2, -0.15) is 0 Å². The Morgan fingerprint density at radius 3 is 1.79 bits per heavy atom. The maximum Gasteiger partial charge on any atom is 0.0629 e. The van der Waals surface area contributed by atoms with Gasteiger partial charge in [0.2, 0.25) is 0 Å². The molecule has 0 saturated heterocycles. The van der Waals surface area contributed by atoms with Crippen LogP contribution in [0.3, 0.4) is 0 Å². The summed E-state index contributed by atoms with van der Waals surface area (Å²) >= 11 is 0. The topological polar surface area (TPSA) is 13.1 Å². The van der Waals surface area contributed by atoms with Crippen molar-refractivity contribution < 1.29 is 0 Å². The first-order valence-corrected chi connectivity index (χ1v) is 20.1. The molecule has 0 N–H and O–H groups in total. The van der Waals surface area contributed by atoms with Crippen LogP contribution >= 0.6 is 0 Å². The average Bonchev–Trinajstić information content (AvgIpc) is 3.92. The predicted molar refractivity (Wildman–Crippen MR) is 240 cm³/mol. The number of para-hydroxylation sites is 5. The fourth-order valence-electron chi connectivity index (χ4n) is 10.1. The first-order valence-electron chi connectivity index (χ1n) is 20.1. The van der Waals surface area contributed by atoms with E-state index in [0.29, 0.717) is 0 Å². The molecule has 0 bridgehead atoms. The second-order valence-electron chi connectivity index (χ2n) is 15.7. The molecule has 3 heterocycles. The van der Waals surface area contributed by atoms with Crippen LogP contribution in [-0.4, -0.2) is 15.2 Å². The van der Waals surface area contributed by atoms with Crippen LogP contribution in [0.1, 0.15) is 34.9 Å². The molecule has 0 saturated carbocycles. The van der Waals surface area contributed by atoms with Gasteiger partial charge in [0, 0.05) is 56.1 Å². The minimum atomic E-state index is 0.169. The second-order valence-corrected chi connectivity index (χ2v) is 15.7. The molecule has 0 fully saturated rings. The normalized spacial score (nSPS) is 18.7. The molecule has 3 heteroatoms. The van der Waals surface area contributed by atoms with E-state index in [9.17, 15) is 0 Å². The lowest BCUT2D eigenvalue weighted by atomic mass is 9.84. The number of hydrogen-bond donors (Lipinski definition) is 0. The predicted octanol–water partition coefficient (Wildman–Crippen LogP) is 13.7. The molecule has 3 unspecified atom stereocenters. The fourth-order valence-corrected chi connectivity index (χ4v) is 10.1. The number of hydrogen-bond acceptors (Lipinski definition) is 1. The molecule has 3 nitrogen and oxygen atoms in total. The van der Waals surface area contributed by atoms with E-state index >= 15 is 0 Å². The highest BCUT2D eigenvalue weighted by Crippen LogP contribution is 2.49. The van der Waals surface area contributed by atoms with Crippen molar-refractivity contribution in [1.29, 1.82) is 0 Å². The van der Waals surface area contributed by atoms with Crippen LogP contribution in [0.4, 0.5) is 11.4 Å². The maximum atomic E-state index is 2.54. The van der Waals surface area contributed by atoms with Crippen molar-refractivity contribution in [3.63, 3.8) is 0 Å². The molecule has 2 aromatic heterocycles. The lowest BCUT2D eigenvalue weighted by Gasteiger charge is -2.28. The Morgan fingerprint density at radius 1 is 0.474 bits per heavy atom. The zero-order chi connectivity index (χ0) is 37.5. The highest BCUT2D eigenvalue weighted by atomic mass is 15.2. The Bertz CT molecular complexity index is 3120. The maximum absolute atomic E-state index is 2.54. The molecule has 3 aliphatic rings. The lowest BCUT2D eigenvalue weighted by Crippen LogP contribution is -2.28. The quantitative estimate of drug-likeness (QED) is 0.172. The van der Waals surface area contributed by atoms with E-state index in [-0.39, 0.29) is 17.9 Å². The fraction of sp³-hybridized carbons (Fsp3) is 0.0741. The third-order valence-corrected chi connectivity index (χ3v) is 12.6. The van der Waals surface area contributed by atoms with Gasteiger partial charge in [-0.3, -0.25) is 0 Å². The Labute approximate surface area is 332 Å². The zero-order valence-corrected chi connectivity index (χ0v) is 31.4. The van der Waals surface area contributed by atoms with Gasteiger partial charge >= 0.3 is 0 Å². The summed E-state index contributed by atoms with van der Waals surface area (Å²) in [5.41, 5.74) is 15.2. The second kappa shape index (κ2) is 12.7. The van der Waals surface area contributed by atoms with Gasteiger partial charge in [0.1, 0.15) is 0 Å². The van der Waals surface area contributed by atoms with Crippen LogP contribution in [0.2, 0.25) is 0 Å². The Hall–Kier alpha value is -7.10. The summed E-state index contributed by atoms with van der Waals surface area (Å²) in [7, 11) is 0. The van der Waals surface area contributed by atoms with E-state index in [1.807, 2.05) is 0 Å². The van der Waals surface area contributed by atoms with Crippen molar-refractivity contribution in [2.45, 2.75) is 24.3 Å². The van der Waals surface area contributed by atoms with Gasteiger partial charge in [-0.1, -0.05) is 134 Å². The molecule has 12 rings (SSSR count). The van der Waals surface area contributed by atoms with E-state index < -0.39 is 0 Å². The number of benzene rings is 7. The van der Waals surface area contributed by atoms with Gasteiger partial charge in [-0.25, -0.2) is 0 Å². The molecule has 3 atom stereocenters. The number of fused-ring (bicyclic) bond motifs is 9. The van der Waals surface area contributed by atoms with Crippen LogP contribution < -0.4 is 4.90 Å². The number of allylic oxidation sites excluding steroid dienone is 6. The number of aromatic nitrogens is 2. The minimum absolute atomic E-state index is 0.169. The third-order valence-electron chi connectivity index (χ3n) is 12.6. The van der Waals surface area contributed by atoms with E-state index in [4.69, 9.17) is 0 Å². The molecule has 2 aliphatic carbocycles. The van der Waals surface area contributed by atoms with Crippen LogP contribution in [0.5, 0.6) is 0 Å². The van der Waals surface area contributed by atoms with E-state index in [0.717, 1.165) is 6.42 Å². The SMILES string of the molecule is C1=CC2c3cc(C4=CC(c5ccc6c(c5)c5ccccc5n6-c5ccccc5)CC(n5c6ccccc6c6ccccc65)=C4)ccc3N(c3ccccc3)C2C=C1. The Balaban J connectivity index is 1.05. The summed E-state index contributed by atoms with van der Waals surface area (Å²) in [4.78, 5) is 2.52. The summed E-state index contributed by atoms with van der Waals surface area (Å²) in [6.45, 7) is 0. The Morgan fingerprint density at radius 2 is 1.07 bits per heavy atom. The lowest BCUT2D eigenvalue weighted by molar-refractivity contribution is 0.744. The molecular weight excluding hydrogens is 691 g/mol. The van der Waals surface area contributed by atoms with Crippen LogP contribution in [0.15, 0.2) is 206 Å². The molecule has 0 spiro atoms. The molecule has 1 aliphatic heterocycles. The number of rotatable bonds is 5. The van der Waals surface area contributed by atoms with E-state index in [1.165, 1.54) is 88.6 Å². The van der Waals surface area contributed by atoms with Gasteiger partial charge in [-0.15, -0.1) is 0 Å². The largest absolute Gasteiger partial charge is 0.333 e. The smallest absolute Gasteiger partial charge is 0.0629 e. The van der Waals surface area contributed by atoms with E-state index in [2.05, 4.69) is 220 Å². The molecule has 57 heavy (non-hydrogen) atoms. The average molecular weight is 730 g/mol. The number of nitrogens with zero attached hydrogens (tertiary/aromatic N) is 3. The first kappa shape index (κ1) is 32.2. The first-order chi connectivity index (χ1) is 28.3. The van der Waals surface area contributed by atoms with E-state index in [1.54, 1.807) is 0 Å². The standard InChI is InChI=1S/C54H39N3/c1-3-15-40(16-4-1)55-51-25-13-9-21-45(51)47-34-36(27-29-53(47)55)38-31-39(33-42(32-38)57-49-23-11-7-19-43(49)44-20-8-12-24-50(44)57)37-28-30-54-48(35-37)46-22-10-14-26-52(46)56(54)41-17-5-2-6-18-41/h1-32,34-35,39,45,51H,33H2. The van der Waals surface area contributed by atoms with Crippen LogP contribution in [-0.2, 0) is 0 Å². The monoisotopic (exact) mass is 729 g/mol. The van der Waals surface area contributed by atoms with Gasteiger partial charge in [0.15, 0.2) is 0 Å². The summed E-state index contributed by atoms with van der Waals surface area (Å²) in [6, 6.07) is 62.8. The number of anilines is 2. The molecule has 270 valence electrons. The molecule has 0 amide bonds. The summed E-state index contributed by atoms with van der Waals surface area (Å²) < 4.78 is 4.94. The summed E-state index contributed by atoms with van der Waals surface area (Å²) in [6.07, 6.45) is 15.1. The van der Waals surface area contributed by atoms with Gasteiger partial charge in [-0.05, 0) is 101 Å². The van der Waals surface area contributed by atoms with Gasteiger partial charge in [0.05, 0.1) is 28.1 Å². The summed E-state index contributed by atoms with van der Waals surface area (Å²) in [5.74, 6) is 0.456. The van der Waals surface area contributed by atoms with Crippen molar-refractivity contribution in [3.8, 4) is 5.69 Å². The van der Waals surface area contributed by atoms with Gasteiger partial charge < -0.3 is 14.0 Å².